The van der Waals surface area contributed by atoms with Crippen LogP contribution in [-0.2, 0) is 29.8 Å². The number of carbonyl (C=O) groups excluding carboxylic acids is 2. The Balaban J connectivity index is 2.02. The third-order valence-corrected chi connectivity index (χ3v) is 5.20. The van der Waals surface area contributed by atoms with Crippen molar-refractivity contribution >= 4 is 48.1 Å². The number of aromatic nitrogens is 1. The lowest BCUT2D eigenvalue weighted by Gasteiger charge is -2.12. The number of carbonyl (C=O) groups is 2. The first-order valence-electron chi connectivity index (χ1n) is 6.61. The van der Waals surface area contributed by atoms with Crippen LogP contribution in [-0.4, -0.2) is 44.2 Å². The maximum Gasteiger partial charge on any atom is 0.311 e. The summed E-state index contributed by atoms with van der Waals surface area (Å²) in [5.74, 6) is -1.15. The Kier molecular flexibility index (Phi) is 5.41. The zero-order valence-corrected chi connectivity index (χ0v) is 14.2. The number of anilines is 1. The van der Waals surface area contributed by atoms with Gasteiger partial charge in [0.1, 0.15) is 0 Å². The molecule has 0 bridgehead atoms. The molecule has 2 heterocycles. The molecule has 1 saturated heterocycles. The molecule has 10 heteroatoms. The molecule has 7 nitrogen and oxygen atoms in total. The lowest BCUT2D eigenvalue weighted by Crippen LogP contribution is -2.25. The minimum atomic E-state index is -3.64. The van der Waals surface area contributed by atoms with Crippen LogP contribution >= 0.6 is 22.0 Å². The quantitative estimate of drug-likeness (QED) is 0.554. The average Bonchev–Trinajstić information content (AvgIpc) is 2.94. The van der Waals surface area contributed by atoms with Crippen LogP contribution in [0.25, 0.3) is 0 Å². The highest BCUT2D eigenvalue weighted by molar-refractivity contribution is 8.13. The summed E-state index contributed by atoms with van der Waals surface area (Å²) in [6.45, 7) is 2.28. The molecule has 1 atom stereocenters. The molecule has 1 aliphatic rings. The fourth-order valence-corrected chi connectivity index (χ4v) is 4.39. The van der Waals surface area contributed by atoms with E-state index in [2.05, 4.69) is 4.98 Å². The summed E-state index contributed by atoms with van der Waals surface area (Å²) in [6.07, 6.45) is 0.171. The molecule has 0 radical (unpaired) electrons. The fourth-order valence-electron chi connectivity index (χ4n) is 2.22. The van der Waals surface area contributed by atoms with Gasteiger partial charge in [-0.25, -0.2) is 13.4 Å². The summed E-state index contributed by atoms with van der Waals surface area (Å²) in [6, 6.07) is 0. The number of ether oxygens (including phenoxy) is 1. The fraction of sp³-hybridized carbons (Fsp3) is 0.583. The minimum absolute atomic E-state index is 0.0475. The Labute approximate surface area is 136 Å². The second-order valence-corrected chi connectivity index (χ2v) is 8.54. The van der Waals surface area contributed by atoms with E-state index in [4.69, 9.17) is 15.4 Å². The average molecular weight is 367 g/mol. The van der Waals surface area contributed by atoms with E-state index in [1.165, 1.54) is 16.2 Å². The number of halogens is 1. The predicted octanol–water partition coefficient (Wildman–Crippen LogP) is 1.17. The highest BCUT2D eigenvalue weighted by Crippen LogP contribution is 2.29. The molecule has 0 aliphatic carbocycles. The Morgan fingerprint density at radius 1 is 1.59 bits per heavy atom. The van der Waals surface area contributed by atoms with Crippen LogP contribution < -0.4 is 4.90 Å². The molecular formula is C12H15ClN2O5S2. The third kappa shape index (κ3) is 4.65. The van der Waals surface area contributed by atoms with Gasteiger partial charge in [0.15, 0.2) is 5.13 Å². The van der Waals surface area contributed by atoms with Crippen LogP contribution in [0.2, 0.25) is 0 Å². The molecule has 1 amide bonds. The van der Waals surface area contributed by atoms with Gasteiger partial charge in [-0.15, -0.1) is 11.3 Å². The zero-order chi connectivity index (χ0) is 16.3. The second-order valence-electron chi connectivity index (χ2n) is 4.88. The summed E-state index contributed by atoms with van der Waals surface area (Å²) >= 11 is 1.23. The summed E-state index contributed by atoms with van der Waals surface area (Å²) in [4.78, 5) is 29.0. The van der Waals surface area contributed by atoms with Crippen molar-refractivity contribution in [2.24, 2.45) is 5.92 Å². The van der Waals surface area contributed by atoms with E-state index in [0.717, 1.165) is 0 Å². The highest BCUT2D eigenvalue weighted by atomic mass is 35.7. The van der Waals surface area contributed by atoms with Gasteiger partial charge in [0.25, 0.3) is 0 Å². The Hall–Kier alpha value is -1.19. The largest absolute Gasteiger partial charge is 0.466 e. The van der Waals surface area contributed by atoms with Gasteiger partial charge in [0.2, 0.25) is 15.0 Å². The molecule has 1 aliphatic heterocycles. The number of rotatable bonds is 6. The first kappa shape index (κ1) is 17.2. The van der Waals surface area contributed by atoms with Crippen molar-refractivity contribution in [1.29, 1.82) is 0 Å². The summed E-state index contributed by atoms with van der Waals surface area (Å²) < 4.78 is 27.0. The molecule has 0 saturated carbocycles. The Morgan fingerprint density at radius 3 is 2.95 bits per heavy atom. The first-order chi connectivity index (χ1) is 10.3. The summed E-state index contributed by atoms with van der Waals surface area (Å²) in [5.41, 5.74) is 0.527. The number of hydrogen-bond acceptors (Lipinski definition) is 7. The van der Waals surface area contributed by atoms with Gasteiger partial charge in [0, 0.05) is 34.9 Å². The molecule has 0 N–H and O–H groups in total. The summed E-state index contributed by atoms with van der Waals surface area (Å²) in [5, 5.41) is 2.14. The normalized spacial score (nSPS) is 18.7. The van der Waals surface area contributed by atoms with E-state index in [9.17, 15) is 18.0 Å². The molecule has 2 rings (SSSR count). The number of amides is 1. The molecule has 1 fully saturated rings. The van der Waals surface area contributed by atoms with Crippen molar-refractivity contribution in [3.63, 3.8) is 0 Å². The van der Waals surface area contributed by atoms with Crippen molar-refractivity contribution in [3.8, 4) is 0 Å². The Bertz CT molecular complexity index is 673. The zero-order valence-electron chi connectivity index (χ0n) is 11.8. The van der Waals surface area contributed by atoms with E-state index in [0.29, 0.717) is 17.4 Å². The Morgan fingerprint density at radius 2 is 2.32 bits per heavy atom. The van der Waals surface area contributed by atoms with Crippen LogP contribution in [0.3, 0.4) is 0 Å². The monoisotopic (exact) mass is 366 g/mol. The van der Waals surface area contributed by atoms with Crippen molar-refractivity contribution in [1.82, 2.24) is 4.98 Å². The molecule has 0 spiro atoms. The molecule has 1 unspecified atom stereocenters. The van der Waals surface area contributed by atoms with Crippen molar-refractivity contribution in [2.75, 3.05) is 23.8 Å². The van der Waals surface area contributed by atoms with E-state index < -0.39 is 9.05 Å². The van der Waals surface area contributed by atoms with Gasteiger partial charge < -0.3 is 4.74 Å². The topological polar surface area (TPSA) is 93.6 Å². The van der Waals surface area contributed by atoms with Gasteiger partial charge in [0.05, 0.1) is 24.5 Å². The molecule has 1 aromatic heterocycles. The molecule has 122 valence electrons. The summed E-state index contributed by atoms with van der Waals surface area (Å²) in [7, 11) is 1.59. The van der Waals surface area contributed by atoms with Crippen molar-refractivity contribution in [2.45, 2.75) is 19.8 Å². The second kappa shape index (κ2) is 6.93. The number of esters is 1. The molecule has 0 aromatic carbocycles. The highest BCUT2D eigenvalue weighted by Gasteiger charge is 2.34. The molecular weight excluding hydrogens is 352 g/mol. The van der Waals surface area contributed by atoms with E-state index in [1.807, 2.05) is 0 Å². The maximum absolute atomic E-state index is 12.0. The van der Waals surface area contributed by atoms with Gasteiger partial charge in [-0.1, -0.05) is 0 Å². The predicted molar refractivity (Wildman–Crippen MR) is 82.6 cm³/mol. The van der Waals surface area contributed by atoms with Crippen LogP contribution in [0.4, 0.5) is 5.13 Å². The van der Waals surface area contributed by atoms with Crippen molar-refractivity contribution in [3.05, 3.63) is 11.1 Å². The van der Waals surface area contributed by atoms with Gasteiger partial charge in [-0.3, -0.25) is 14.5 Å². The molecule has 1 aromatic rings. The van der Waals surface area contributed by atoms with E-state index in [1.54, 1.807) is 12.3 Å². The first-order valence-corrected chi connectivity index (χ1v) is 9.97. The number of nitrogens with zero attached hydrogens (tertiary/aromatic N) is 2. The van der Waals surface area contributed by atoms with Crippen LogP contribution in [0, 0.1) is 5.92 Å². The maximum atomic E-state index is 12.0. The van der Waals surface area contributed by atoms with Crippen LogP contribution in [0.5, 0.6) is 0 Å². The number of hydrogen-bond donors (Lipinski definition) is 0. The molecule has 22 heavy (non-hydrogen) atoms. The lowest BCUT2D eigenvalue weighted by atomic mass is 10.1. The standard InChI is InChI=1S/C12H15ClN2O5S2/c1-2-20-11(17)4-9-6-21-12(14-9)15-5-8(3-10(15)16)7-22(13,18)19/h6,8H,2-5,7H2,1H3. The smallest absolute Gasteiger partial charge is 0.311 e. The van der Waals surface area contributed by atoms with E-state index in [-0.39, 0.29) is 42.9 Å². The van der Waals surface area contributed by atoms with Crippen molar-refractivity contribution < 1.29 is 22.7 Å². The van der Waals surface area contributed by atoms with E-state index >= 15 is 0 Å². The number of thiazole rings is 1. The van der Waals surface area contributed by atoms with Gasteiger partial charge in [-0.2, -0.15) is 0 Å². The van der Waals surface area contributed by atoms with Gasteiger partial charge >= 0.3 is 5.97 Å². The minimum Gasteiger partial charge on any atom is -0.466 e. The van der Waals surface area contributed by atoms with Crippen LogP contribution in [0.1, 0.15) is 19.0 Å². The third-order valence-electron chi connectivity index (χ3n) is 3.04. The SMILES string of the molecule is CCOC(=O)Cc1csc(N2CC(CS(=O)(=O)Cl)CC2=O)n1. The van der Waals surface area contributed by atoms with Crippen LogP contribution in [0.15, 0.2) is 5.38 Å². The lowest BCUT2D eigenvalue weighted by molar-refractivity contribution is -0.142. The van der Waals surface area contributed by atoms with Gasteiger partial charge in [-0.05, 0) is 6.92 Å².